The van der Waals surface area contributed by atoms with Crippen molar-refractivity contribution in [3.05, 3.63) is 29.3 Å². The molecule has 0 bridgehead atoms. The third-order valence-electron chi connectivity index (χ3n) is 2.94. The van der Waals surface area contributed by atoms with Gasteiger partial charge in [0.05, 0.1) is 13.7 Å². The molecule has 0 aromatic heterocycles. The maximum Gasteiger partial charge on any atom is 0.159 e. The van der Waals surface area contributed by atoms with Gasteiger partial charge >= 0.3 is 0 Å². The van der Waals surface area contributed by atoms with Gasteiger partial charge in [0.25, 0.3) is 0 Å². The van der Waals surface area contributed by atoms with Crippen molar-refractivity contribution in [2.24, 2.45) is 5.41 Å². The molecule has 3 heteroatoms. The van der Waals surface area contributed by atoms with Crippen molar-refractivity contribution in [2.45, 2.75) is 40.7 Å². The molecule has 0 aliphatic carbocycles. The molecule has 0 amide bonds. The molecular formula is C16H24O3. The second kappa shape index (κ2) is 6.71. The third kappa shape index (κ3) is 5.43. The fraction of sp³-hybridized carbons (Fsp3) is 0.562. The van der Waals surface area contributed by atoms with Crippen molar-refractivity contribution in [2.75, 3.05) is 13.7 Å². The first-order valence-corrected chi connectivity index (χ1v) is 6.59. The summed E-state index contributed by atoms with van der Waals surface area (Å²) in [6, 6.07) is 5.44. The Hall–Kier alpha value is -1.35. The normalized spacial score (nSPS) is 11.4. The molecule has 1 aromatic rings. The summed E-state index contributed by atoms with van der Waals surface area (Å²) in [4.78, 5) is 11.4. The van der Waals surface area contributed by atoms with E-state index in [2.05, 4.69) is 20.8 Å². The van der Waals surface area contributed by atoms with Gasteiger partial charge in [-0.25, -0.2) is 0 Å². The zero-order valence-corrected chi connectivity index (χ0v) is 12.6. The second-order valence-corrected chi connectivity index (χ2v) is 5.95. The number of rotatable bonds is 6. The minimum atomic E-state index is 0.0543. The van der Waals surface area contributed by atoms with Crippen LogP contribution in [-0.2, 0) is 11.3 Å². The first-order chi connectivity index (χ1) is 8.83. The topological polar surface area (TPSA) is 35.5 Å². The fourth-order valence-electron chi connectivity index (χ4n) is 1.67. The van der Waals surface area contributed by atoms with Gasteiger partial charge < -0.3 is 9.47 Å². The number of ether oxygens (including phenoxy) is 2. The highest BCUT2D eigenvalue weighted by molar-refractivity contribution is 5.94. The van der Waals surface area contributed by atoms with Crippen LogP contribution >= 0.6 is 0 Å². The Morgan fingerprint density at radius 2 is 1.95 bits per heavy atom. The highest BCUT2D eigenvalue weighted by atomic mass is 16.5. The maximum atomic E-state index is 11.4. The minimum absolute atomic E-state index is 0.0543. The zero-order chi connectivity index (χ0) is 14.5. The summed E-state index contributed by atoms with van der Waals surface area (Å²) in [5, 5.41) is 0. The summed E-state index contributed by atoms with van der Waals surface area (Å²) in [6.07, 6.45) is 1.00. The lowest BCUT2D eigenvalue weighted by molar-refractivity contribution is 0.0946. The molecule has 0 N–H and O–H groups in total. The Balaban J connectivity index is 2.65. The number of Topliss-reactive ketones (excluding diaryl/α,β-unsaturated/α-hetero) is 1. The minimum Gasteiger partial charge on any atom is -0.496 e. The summed E-state index contributed by atoms with van der Waals surface area (Å²) in [5.74, 6) is 0.819. The van der Waals surface area contributed by atoms with E-state index in [1.165, 1.54) is 0 Å². The lowest BCUT2D eigenvalue weighted by atomic mass is 9.93. The Kier molecular flexibility index (Phi) is 5.55. The Labute approximate surface area is 115 Å². The first-order valence-electron chi connectivity index (χ1n) is 6.59. The van der Waals surface area contributed by atoms with Gasteiger partial charge in [-0.3, -0.25) is 4.79 Å². The van der Waals surface area contributed by atoms with Gasteiger partial charge in [-0.2, -0.15) is 0 Å². The van der Waals surface area contributed by atoms with Crippen LogP contribution in [0.1, 0.15) is 50.0 Å². The number of hydrogen-bond donors (Lipinski definition) is 0. The molecule has 106 valence electrons. The largest absolute Gasteiger partial charge is 0.496 e. The first kappa shape index (κ1) is 15.7. The number of ketones is 1. The predicted octanol–water partition coefficient (Wildman–Crippen LogP) is 3.85. The van der Waals surface area contributed by atoms with Crippen LogP contribution in [0.5, 0.6) is 5.75 Å². The van der Waals surface area contributed by atoms with Crippen molar-refractivity contribution in [1.82, 2.24) is 0 Å². The van der Waals surface area contributed by atoms with Crippen LogP contribution in [0.15, 0.2) is 18.2 Å². The van der Waals surface area contributed by atoms with Crippen LogP contribution in [0.25, 0.3) is 0 Å². The average Bonchev–Trinajstić information content (AvgIpc) is 2.33. The van der Waals surface area contributed by atoms with Gasteiger partial charge in [0.1, 0.15) is 5.75 Å². The SMILES string of the molecule is COc1ccc(C(C)=O)cc1COCCC(C)(C)C. The number of hydrogen-bond acceptors (Lipinski definition) is 3. The summed E-state index contributed by atoms with van der Waals surface area (Å²) in [7, 11) is 1.63. The van der Waals surface area contributed by atoms with Gasteiger partial charge in [-0.1, -0.05) is 20.8 Å². The molecule has 0 aliphatic heterocycles. The third-order valence-corrected chi connectivity index (χ3v) is 2.94. The molecule has 1 rings (SSSR count). The molecule has 0 spiro atoms. The molecule has 0 unspecified atom stereocenters. The smallest absolute Gasteiger partial charge is 0.159 e. The molecule has 3 nitrogen and oxygen atoms in total. The molecular weight excluding hydrogens is 240 g/mol. The van der Waals surface area contributed by atoms with Crippen molar-refractivity contribution >= 4 is 5.78 Å². The molecule has 0 saturated carbocycles. The summed E-state index contributed by atoms with van der Waals surface area (Å²) >= 11 is 0. The van der Waals surface area contributed by atoms with Crippen molar-refractivity contribution < 1.29 is 14.3 Å². The zero-order valence-electron chi connectivity index (χ0n) is 12.6. The predicted molar refractivity (Wildman–Crippen MR) is 76.7 cm³/mol. The Morgan fingerprint density at radius 1 is 1.26 bits per heavy atom. The van der Waals surface area contributed by atoms with Crippen molar-refractivity contribution in [3.63, 3.8) is 0 Å². The van der Waals surface area contributed by atoms with E-state index < -0.39 is 0 Å². The van der Waals surface area contributed by atoms with Crippen LogP contribution < -0.4 is 4.74 Å². The molecule has 0 fully saturated rings. The summed E-state index contributed by atoms with van der Waals surface area (Å²) < 4.78 is 11.0. The summed E-state index contributed by atoms with van der Waals surface area (Å²) in [6.45, 7) is 9.30. The quantitative estimate of drug-likeness (QED) is 0.578. The van der Waals surface area contributed by atoms with Crippen LogP contribution in [0.4, 0.5) is 0 Å². The highest BCUT2D eigenvalue weighted by Crippen LogP contribution is 2.22. The van der Waals surface area contributed by atoms with Gasteiger partial charge in [0.15, 0.2) is 5.78 Å². The van der Waals surface area contributed by atoms with Gasteiger partial charge in [0.2, 0.25) is 0 Å². The van der Waals surface area contributed by atoms with E-state index in [4.69, 9.17) is 9.47 Å². The molecule has 19 heavy (non-hydrogen) atoms. The van der Waals surface area contributed by atoms with Crippen LogP contribution in [0, 0.1) is 5.41 Å². The standard InChI is InChI=1S/C16H24O3/c1-12(17)13-6-7-15(18-5)14(10-13)11-19-9-8-16(2,3)4/h6-7,10H,8-9,11H2,1-5H3. The van der Waals surface area contributed by atoms with E-state index in [0.29, 0.717) is 18.8 Å². The molecule has 0 atom stereocenters. The number of carbonyl (C=O) groups excluding carboxylic acids is 1. The fourth-order valence-corrected chi connectivity index (χ4v) is 1.67. The molecule has 0 heterocycles. The highest BCUT2D eigenvalue weighted by Gasteiger charge is 2.11. The lowest BCUT2D eigenvalue weighted by Gasteiger charge is -2.18. The van der Waals surface area contributed by atoms with Gasteiger partial charge in [0, 0.05) is 17.7 Å². The van der Waals surface area contributed by atoms with Crippen LogP contribution in [0.2, 0.25) is 0 Å². The van der Waals surface area contributed by atoms with Crippen molar-refractivity contribution in [1.29, 1.82) is 0 Å². The Morgan fingerprint density at radius 3 is 2.47 bits per heavy atom. The van der Waals surface area contributed by atoms with Crippen LogP contribution in [-0.4, -0.2) is 19.5 Å². The van der Waals surface area contributed by atoms with Gasteiger partial charge in [-0.05, 0) is 37.0 Å². The molecule has 0 radical (unpaired) electrons. The van der Waals surface area contributed by atoms with E-state index in [9.17, 15) is 4.79 Å². The van der Waals surface area contributed by atoms with Crippen LogP contribution in [0.3, 0.4) is 0 Å². The van der Waals surface area contributed by atoms with E-state index >= 15 is 0 Å². The number of methoxy groups -OCH3 is 1. The Bertz CT molecular complexity index is 430. The van der Waals surface area contributed by atoms with E-state index in [1.54, 1.807) is 20.1 Å². The monoisotopic (exact) mass is 264 g/mol. The summed E-state index contributed by atoms with van der Waals surface area (Å²) in [5.41, 5.74) is 1.88. The molecule has 0 aliphatic rings. The number of benzene rings is 1. The second-order valence-electron chi connectivity index (χ2n) is 5.95. The average molecular weight is 264 g/mol. The van der Waals surface area contributed by atoms with Crippen molar-refractivity contribution in [3.8, 4) is 5.75 Å². The maximum absolute atomic E-state index is 11.4. The van der Waals surface area contributed by atoms with E-state index in [1.807, 2.05) is 12.1 Å². The lowest BCUT2D eigenvalue weighted by Crippen LogP contribution is -2.10. The number of carbonyl (C=O) groups is 1. The van der Waals surface area contributed by atoms with E-state index in [0.717, 1.165) is 17.7 Å². The van der Waals surface area contributed by atoms with E-state index in [-0.39, 0.29) is 11.2 Å². The van der Waals surface area contributed by atoms with Gasteiger partial charge in [-0.15, -0.1) is 0 Å². The molecule has 0 saturated heterocycles. The molecule has 1 aromatic carbocycles.